The summed E-state index contributed by atoms with van der Waals surface area (Å²) in [5.74, 6) is -0.896. The summed E-state index contributed by atoms with van der Waals surface area (Å²) in [5.41, 5.74) is 2.33. The van der Waals surface area contributed by atoms with Crippen LogP contribution in [0.4, 0.5) is 0 Å². The quantitative estimate of drug-likeness (QED) is 0.717. The van der Waals surface area contributed by atoms with E-state index in [0.717, 1.165) is 5.56 Å². The molecule has 1 aromatic rings. The van der Waals surface area contributed by atoms with Crippen LogP contribution in [0.2, 0.25) is 0 Å². The van der Waals surface area contributed by atoms with Crippen molar-refractivity contribution < 1.29 is 9.90 Å². The standard InChI is InChI=1S/C11H12O2/c1-9-4-2-5-10(8-9)6-3-7-11(12)13/h2-5,7-8H,6H2,1H3,(H,12,13). The Morgan fingerprint density at radius 1 is 1.54 bits per heavy atom. The van der Waals surface area contributed by atoms with Crippen LogP contribution in [0, 0.1) is 6.92 Å². The van der Waals surface area contributed by atoms with Crippen molar-refractivity contribution in [1.82, 2.24) is 0 Å². The predicted molar refractivity (Wildman–Crippen MR) is 51.7 cm³/mol. The molecule has 0 spiro atoms. The minimum Gasteiger partial charge on any atom is -0.478 e. The molecule has 0 unspecified atom stereocenters. The Kier molecular flexibility index (Phi) is 3.26. The van der Waals surface area contributed by atoms with Gasteiger partial charge in [0.2, 0.25) is 0 Å². The number of carboxylic acid groups (broad SMARTS) is 1. The van der Waals surface area contributed by atoms with Crippen molar-refractivity contribution in [3.05, 3.63) is 47.5 Å². The highest BCUT2D eigenvalue weighted by molar-refractivity contribution is 5.79. The first-order chi connectivity index (χ1) is 6.18. The Morgan fingerprint density at radius 3 is 2.92 bits per heavy atom. The van der Waals surface area contributed by atoms with Crippen molar-refractivity contribution in [3.8, 4) is 0 Å². The van der Waals surface area contributed by atoms with E-state index >= 15 is 0 Å². The van der Waals surface area contributed by atoms with Crippen LogP contribution in [0.15, 0.2) is 36.4 Å². The maximum absolute atomic E-state index is 10.2. The summed E-state index contributed by atoms with van der Waals surface area (Å²) >= 11 is 0. The zero-order valence-corrected chi connectivity index (χ0v) is 7.53. The number of hydrogen-bond acceptors (Lipinski definition) is 1. The monoisotopic (exact) mass is 176 g/mol. The van der Waals surface area contributed by atoms with Gasteiger partial charge in [-0.05, 0) is 18.9 Å². The van der Waals surface area contributed by atoms with Gasteiger partial charge >= 0.3 is 5.97 Å². The Morgan fingerprint density at radius 2 is 2.31 bits per heavy atom. The number of rotatable bonds is 3. The maximum atomic E-state index is 10.2. The van der Waals surface area contributed by atoms with Crippen LogP contribution in [0.25, 0.3) is 0 Å². The van der Waals surface area contributed by atoms with Crippen LogP contribution in [-0.2, 0) is 11.2 Å². The first kappa shape index (κ1) is 9.52. The van der Waals surface area contributed by atoms with Crippen molar-refractivity contribution in [2.75, 3.05) is 0 Å². The number of aliphatic carboxylic acids is 1. The lowest BCUT2D eigenvalue weighted by Gasteiger charge is -1.96. The van der Waals surface area contributed by atoms with Crippen LogP contribution in [-0.4, -0.2) is 11.1 Å². The van der Waals surface area contributed by atoms with E-state index in [0.29, 0.717) is 6.42 Å². The minimum atomic E-state index is -0.896. The van der Waals surface area contributed by atoms with Crippen molar-refractivity contribution >= 4 is 5.97 Å². The molecule has 68 valence electrons. The molecule has 0 amide bonds. The third-order valence-corrected chi connectivity index (χ3v) is 1.70. The normalized spacial score (nSPS) is 10.5. The molecule has 13 heavy (non-hydrogen) atoms. The average molecular weight is 176 g/mol. The Balaban J connectivity index is 2.59. The van der Waals surface area contributed by atoms with Gasteiger partial charge in [0.15, 0.2) is 0 Å². The molecule has 0 bridgehead atoms. The molecule has 0 atom stereocenters. The highest BCUT2D eigenvalue weighted by Crippen LogP contribution is 2.04. The predicted octanol–water partition coefficient (Wildman–Crippen LogP) is 2.18. The first-order valence-electron chi connectivity index (χ1n) is 4.13. The molecule has 1 rings (SSSR count). The van der Waals surface area contributed by atoms with Crippen LogP contribution >= 0.6 is 0 Å². The van der Waals surface area contributed by atoms with E-state index in [2.05, 4.69) is 0 Å². The van der Waals surface area contributed by atoms with Crippen LogP contribution < -0.4 is 0 Å². The number of carboxylic acids is 1. The second kappa shape index (κ2) is 4.45. The fraction of sp³-hybridized carbons (Fsp3) is 0.182. The summed E-state index contributed by atoms with van der Waals surface area (Å²) in [7, 11) is 0. The van der Waals surface area contributed by atoms with Crippen LogP contribution in [0.3, 0.4) is 0 Å². The second-order valence-electron chi connectivity index (χ2n) is 2.93. The summed E-state index contributed by atoms with van der Waals surface area (Å²) in [5, 5.41) is 8.36. The average Bonchev–Trinajstić information content (AvgIpc) is 2.03. The van der Waals surface area contributed by atoms with E-state index < -0.39 is 5.97 Å². The highest BCUT2D eigenvalue weighted by atomic mass is 16.4. The molecule has 0 aromatic heterocycles. The van der Waals surface area contributed by atoms with Gasteiger partial charge in [-0.15, -0.1) is 0 Å². The first-order valence-corrected chi connectivity index (χ1v) is 4.13. The zero-order valence-electron chi connectivity index (χ0n) is 7.53. The summed E-state index contributed by atoms with van der Waals surface area (Å²) in [6, 6.07) is 8.02. The third kappa shape index (κ3) is 3.56. The van der Waals surface area contributed by atoms with Crippen molar-refractivity contribution in [2.24, 2.45) is 0 Å². The number of allylic oxidation sites excluding steroid dienone is 1. The number of aryl methyl sites for hydroxylation is 1. The summed E-state index contributed by atoms with van der Waals surface area (Å²) in [6.45, 7) is 2.02. The molecule has 0 aliphatic heterocycles. The molecule has 0 heterocycles. The summed E-state index contributed by atoms with van der Waals surface area (Å²) < 4.78 is 0. The van der Waals surface area contributed by atoms with Gasteiger partial charge in [-0.1, -0.05) is 35.9 Å². The lowest BCUT2D eigenvalue weighted by Crippen LogP contribution is -1.87. The maximum Gasteiger partial charge on any atom is 0.327 e. The van der Waals surface area contributed by atoms with Gasteiger partial charge in [0, 0.05) is 6.08 Å². The van der Waals surface area contributed by atoms with Gasteiger partial charge in [0.05, 0.1) is 0 Å². The number of benzene rings is 1. The van der Waals surface area contributed by atoms with Gasteiger partial charge in [0.25, 0.3) is 0 Å². The second-order valence-corrected chi connectivity index (χ2v) is 2.93. The molecule has 1 aromatic carbocycles. The van der Waals surface area contributed by atoms with Gasteiger partial charge in [-0.25, -0.2) is 4.79 Å². The fourth-order valence-electron chi connectivity index (χ4n) is 1.13. The molecule has 0 radical (unpaired) electrons. The summed E-state index contributed by atoms with van der Waals surface area (Å²) in [4.78, 5) is 10.2. The molecule has 0 aliphatic carbocycles. The molecule has 1 N–H and O–H groups in total. The fourth-order valence-corrected chi connectivity index (χ4v) is 1.13. The molecular formula is C11H12O2. The Hall–Kier alpha value is -1.57. The van der Waals surface area contributed by atoms with Crippen molar-refractivity contribution in [2.45, 2.75) is 13.3 Å². The molecule has 2 heteroatoms. The van der Waals surface area contributed by atoms with E-state index in [1.54, 1.807) is 6.08 Å². The molecule has 0 fully saturated rings. The van der Waals surface area contributed by atoms with Crippen LogP contribution in [0.1, 0.15) is 11.1 Å². The van der Waals surface area contributed by atoms with Crippen molar-refractivity contribution in [1.29, 1.82) is 0 Å². The van der Waals surface area contributed by atoms with Gasteiger partial charge in [-0.2, -0.15) is 0 Å². The van der Waals surface area contributed by atoms with Crippen LogP contribution in [0.5, 0.6) is 0 Å². The largest absolute Gasteiger partial charge is 0.478 e. The lowest BCUT2D eigenvalue weighted by atomic mass is 10.1. The number of hydrogen-bond donors (Lipinski definition) is 1. The van der Waals surface area contributed by atoms with Gasteiger partial charge < -0.3 is 5.11 Å². The van der Waals surface area contributed by atoms with E-state index in [4.69, 9.17) is 5.11 Å². The Bertz CT molecular complexity index is 327. The third-order valence-electron chi connectivity index (χ3n) is 1.70. The lowest BCUT2D eigenvalue weighted by molar-refractivity contribution is -0.131. The molecule has 0 aliphatic rings. The van der Waals surface area contributed by atoms with E-state index in [1.807, 2.05) is 31.2 Å². The smallest absolute Gasteiger partial charge is 0.327 e. The minimum absolute atomic E-state index is 0.675. The highest BCUT2D eigenvalue weighted by Gasteiger charge is 1.90. The SMILES string of the molecule is Cc1cccc(CC=CC(=O)O)c1. The topological polar surface area (TPSA) is 37.3 Å². The Labute approximate surface area is 77.5 Å². The number of carbonyl (C=O) groups is 1. The van der Waals surface area contributed by atoms with Gasteiger partial charge in [0.1, 0.15) is 0 Å². The van der Waals surface area contributed by atoms with Gasteiger partial charge in [-0.3, -0.25) is 0 Å². The van der Waals surface area contributed by atoms with E-state index in [1.165, 1.54) is 11.6 Å². The molecular weight excluding hydrogens is 164 g/mol. The molecule has 0 saturated heterocycles. The zero-order chi connectivity index (χ0) is 9.68. The van der Waals surface area contributed by atoms with E-state index in [9.17, 15) is 4.79 Å². The molecule has 0 saturated carbocycles. The molecule has 2 nitrogen and oxygen atoms in total. The summed E-state index contributed by atoms with van der Waals surface area (Å²) in [6.07, 6.45) is 3.49. The van der Waals surface area contributed by atoms with Crippen molar-refractivity contribution in [3.63, 3.8) is 0 Å². The van der Waals surface area contributed by atoms with E-state index in [-0.39, 0.29) is 0 Å².